The number of nitrogens with zero attached hydrogens (tertiary/aromatic N) is 1. The number of aromatic nitrogens is 1. The number of rotatable bonds is 5. The van der Waals surface area contributed by atoms with Crippen molar-refractivity contribution in [3.8, 4) is 0 Å². The van der Waals surface area contributed by atoms with Crippen molar-refractivity contribution in [1.82, 2.24) is 4.57 Å². The summed E-state index contributed by atoms with van der Waals surface area (Å²) in [6.45, 7) is 6.79. The van der Waals surface area contributed by atoms with E-state index in [1.54, 1.807) is 25.1 Å². The van der Waals surface area contributed by atoms with Crippen LogP contribution in [0.3, 0.4) is 0 Å². The van der Waals surface area contributed by atoms with E-state index in [9.17, 15) is 9.59 Å². The van der Waals surface area contributed by atoms with Crippen molar-refractivity contribution >= 4 is 38.8 Å². The lowest BCUT2D eigenvalue weighted by Gasteiger charge is -2.12. The second-order valence-electron chi connectivity index (χ2n) is 5.42. The number of hydrogen-bond acceptors (Lipinski definition) is 3. The van der Waals surface area contributed by atoms with E-state index in [1.165, 1.54) is 0 Å². The molecule has 0 saturated carbocycles. The van der Waals surface area contributed by atoms with E-state index in [1.807, 2.05) is 4.57 Å². The van der Waals surface area contributed by atoms with E-state index in [2.05, 4.69) is 29.8 Å². The molecule has 1 N–H and O–H groups in total. The Morgan fingerprint density at radius 1 is 1.36 bits per heavy atom. The van der Waals surface area contributed by atoms with Crippen molar-refractivity contribution in [2.24, 2.45) is 5.92 Å². The summed E-state index contributed by atoms with van der Waals surface area (Å²) in [5.41, 5.74) is 1.42. The van der Waals surface area contributed by atoms with Crippen LogP contribution in [-0.2, 0) is 11.3 Å². The number of benzene rings is 1. The number of aromatic carboxylic acids is 1. The van der Waals surface area contributed by atoms with E-state index in [-0.39, 0.29) is 12.2 Å². The number of ether oxygens (including phenoxy) is 1. The van der Waals surface area contributed by atoms with Gasteiger partial charge in [-0.2, -0.15) is 0 Å². The fourth-order valence-corrected chi connectivity index (χ4v) is 3.09. The summed E-state index contributed by atoms with van der Waals surface area (Å²) in [7, 11) is 0. The van der Waals surface area contributed by atoms with Gasteiger partial charge in [-0.3, -0.25) is 0 Å². The van der Waals surface area contributed by atoms with Crippen molar-refractivity contribution in [3.05, 3.63) is 33.9 Å². The highest BCUT2D eigenvalue weighted by Crippen LogP contribution is 2.33. The topological polar surface area (TPSA) is 68.5 Å². The predicted octanol–water partition coefficient (Wildman–Crippen LogP) is 3.93. The molecule has 0 saturated heterocycles. The van der Waals surface area contributed by atoms with E-state index >= 15 is 0 Å². The SMILES string of the molecule is CCOC(=O)c1c(Br)c2cc(C(=O)O)ccc2n1CC(C)C. The summed E-state index contributed by atoms with van der Waals surface area (Å²) >= 11 is 3.43. The first-order chi connectivity index (χ1) is 10.4. The number of hydrogen-bond donors (Lipinski definition) is 1. The summed E-state index contributed by atoms with van der Waals surface area (Å²) in [6, 6.07) is 4.85. The fraction of sp³-hybridized carbons (Fsp3) is 0.375. The molecule has 0 bridgehead atoms. The van der Waals surface area contributed by atoms with Crippen LogP contribution in [0.1, 0.15) is 41.6 Å². The zero-order valence-electron chi connectivity index (χ0n) is 12.7. The molecule has 22 heavy (non-hydrogen) atoms. The third-order valence-electron chi connectivity index (χ3n) is 3.27. The van der Waals surface area contributed by atoms with Gasteiger partial charge in [0.2, 0.25) is 0 Å². The molecule has 0 unspecified atom stereocenters. The molecule has 0 aliphatic rings. The van der Waals surface area contributed by atoms with Crippen molar-refractivity contribution in [2.75, 3.05) is 6.61 Å². The van der Waals surface area contributed by atoms with Crippen molar-refractivity contribution in [1.29, 1.82) is 0 Å². The minimum atomic E-state index is -0.997. The Balaban J connectivity index is 2.72. The molecule has 0 spiro atoms. The Morgan fingerprint density at radius 2 is 2.05 bits per heavy atom. The number of carbonyl (C=O) groups excluding carboxylic acids is 1. The highest BCUT2D eigenvalue weighted by molar-refractivity contribution is 9.10. The molecule has 1 aromatic carbocycles. The summed E-state index contributed by atoms with van der Waals surface area (Å²) in [5.74, 6) is -1.08. The highest BCUT2D eigenvalue weighted by atomic mass is 79.9. The molecule has 1 aromatic heterocycles. The van der Waals surface area contributed by atoms with Gasteiger partial charge in [0.1, 0.15) is 5.69 Å². The summed E-state index contributed by atoms with van der Waals surface area (Å²) in [6.07, 6.45) is 0. The Hall–Kier alpha value is -1.82. The molecule has 118 valence electrons. The first-order valence-corrected chi connectivity index (χ1v) is 7.88. The number of carboxylic acids is 1. The van der Waals surface area contributed by atoms with Crippen LogP contribution < -0.4 is 0 Å². The average Bonchev–Trinajstić information content (AvgIpc) is 2.71. The van der Waals surface area contributed by atoms with Crippen LogP contribution in [0.15, 0.2) is 22.7 Å². The Morgan fingerprint density at radius 3 is 2.59 bits per heavy atom. The molecule has 1 heterocycles. The minimum absolute atomic E-state index is 0.185. The second kappa shape index (κ2) is 6.52. The van der Waals surface area contributed by atoms with Crippen LogP contribution in [-0.4, -0.2) is 28.2 Å². The maximum atomic E-state index is 12.3. The molecule has 0 aliphatic carbocycles. The first-order valence-electron chi connectivity index (χ1n) is 7.09. The van der Waals surface area contributed by atoms with Gasteiger partial charge in [-0.25, -0.2) is 9.59 Å². The lowest BCUT2D eigenvalue weighted by Crippen LogP contribution is -2.15. The highest BCUT2D eigenvalue weighted by Gasteiger charge is 2.23. The standard InChI is InChI=1S/C16H18BrNO4/c1-4-22-16(21)14-13(17)11-7-10(15(19)20)5-6-12(11)18(14)8-9(2)3/h5-7,9H,4,8H2,1-3H3,(H,19,20). The van der Waals surface area contributed by atoms with Gasteiger partial charge in [0, 0.05) is 17.4 Å². The number of fused-ring (bicyclic) bond motifs is 1. The molecule has 0 fully saturated rings. The van der Waals surface area contributed by atoms with Gasteiger partial charge in [0.05, 0.1) is 16.6 Å². The normalized spacial score (nSPS) is 11.1. The third kappa shape index (κ3) is 3.02. The first kappa shape index (κ1) is 16.5. The van der Waals surface area contributed by atoms with Gasteiger partial charge in [0.15, 0.2) is 0 Å². The van der Waals surface area contributed by atoms with E-state index < -0.39 is 11.9 Å². The molecule has 0 radical (unpaired) electrons. The minimum Gasteiger partial charge on any atom is -0.478 e. The summed E-state index contributed by atoms with van der Waals surface area (Å²) in [4.78, 5) is 23.4. The van der Waals surface area contributed by atoms with Crippen molar-refractivity contribution < 1.29 is 19.4 Å². The predicted molar refractivity (Wildman–Crippen MR) is 87.4 cm³/mol. The molecular weight excluding hydrogens is 350 g/mol. The maximum absolute atomic E-state index is 12.3. The third-order valence-corrected chi connectivity index (χ3v) is 4.07. The maximum Gasteiger partial charge on any atom is 0.356 e. The van der Waals surface area contributed by atoms with Gasteiger partial charge in [-0.05, 0) is 47.0 Å². The fourth-order valence-electron chi connectivity index (χ4n) is 2.40. The quantitative estimate of drug-likeness (QED) is 0.812. The second-order valence-corrected chi connectivity index (χ2v) is 6.22. The smallest absolute Gasteiger partial charge is 0.356 e. The van der Waals surface area contributed by atoms with Crippen LogP contribution in [0.5, 0.6) is 0 Å². The average molecular weight is 368 g/mol. The van der Waals surface area contributed by atoms with Crippen LogP contribution in [0.4, 0.5) is 0 Å². The van der Waals surface area contributed by atoms with Gasteiger partial charge in [-0.15, -0.1) is 0 Å². The van der Waals surface area contributed by atoms with Crippen molar-refractivity contribution in [2.45, 2.75) is 27.3 Å². The molecule has 2 rings (SSSR count). The molecule has 6 heteroatoms. The number of halogens is 1. The van der Waals surface area contributed by atoms with Gasteiger partial charge in [-0.1, -0.05) is 13.8 Å². The van der Waals surface area contributed by atoms with Crippen LogP contribution in [0.25, 0.3) is 10.9 Å². The lowest BCUT2D eigenvalue weighted by molar-refractivity contribution is 0.0512. The van der Waals surface area contributed by atoms with E-state index in [0.29, 0.717) is 28.0 Å². The lowest BCUT2D eigenvalue weighted by atomic mass is 10.1. The molecule has 5 nitrogen and oxygen atoms in total. The summed E-state index contributed by atoms with van der Waals surface area (Å²) < 4.78 is 7.59. The van der Waals surface area contributed by atoms with Crippen LogP contribution >= 0.6 is 15.9 Å². The Labute approximate surface area is 137 Å². The molecule has 0 atom stereocenters. The van der Waals surface area contributed by atoms with Gasteiger partial charge < -0.3 is 14.4 Å². The number of carbonyl (C=O) groups is 2. The van der Waals surface area contributed by atoms with Crippen LogP contribution in [0, 0.1) is 5.92 Å². The van der Waals surface area contributed by atoms with Gasteiger partial charge >= 0.3 is 11.9 Å². The molecule has 0 aliphatic heterocycles. The zero-order valence-corrected chi connectivity index (χ0v) is 14.3. The van der Waals surface area contributed by atoms with Crippen molar-refractivity contribution in [3.63, 3.8) is 0 Å². The Bertz CT molecular complexity index is 733. The van der Waals surface area contributed by atoms with Gasteiger partial charge in [0.25, 0.3) is 0 Å². The van der Waals surface area contributed by atoms with Crippen LogP contribution in [0.2, 0.25) is 0 Å². The molecular formula is C16H18BrNO4. The number of carboxylic acid groups (broad SMARTS) is 1. The summed E-state index contributed by atoms with van der Waals surface area (Å²) in [5, 5.41) is 9.83. The van der Waals surface area contributed by atoms with E-state index in [4.69, 9.17) is 9.84 Å². The Kier molecular flexibility index (Phi) is 4.90. The number of esters is 1. The zero-order chi connectivity index (χ0) is 16.4. The largest absolute Gasteiger partial charge is 0.478 e. The van der Waals surface area contributed by atoms with E-state index in [0.717, 1.165) is 5.52 Å². The molecule has 0 amide bonds. The molecule has 2 aromatic rings. The monoisotopic (exact) mass is 367 g/mol.